The number of ether oxygens (including phenoxy) is 1. The van der Waals surface area contributed by atoms with Crippen molar-refractivity contribution in [3.05, 3.63) is 89.4 Å². The number of likely N-dealkylation sites (N-methyl/N-ethyl adjacent to an activating group) is 2. The molecule has 42 heavy (non-hydrogen) atoms. The number of nitrogens with one attached hydrogen (secondary N) is 1. The minimum Gasteiger partial charge on any atom is -0.457 e. The van der Waals surface area contributed by atoms with E-state index in [1.54, 1.807) is 11.9 Å². The van der Waals surface area contributed by atoms with E-state index in [-0.39, 0.29) is 24.1 Å². The van der Waals surface area contributed by atoms with Gasteiger partial charge in [0.15, 0.2) is 0 Å². The Bertz CT molecular complexity index is 1320. The van der Waals surface area contributed by atoms with Crippen LogP contribution >= 0.6 is 11.6 Å². The zero-order valence-corrected chi connectivity index (χ0v) is 25.2. The smallest absolute Gasteiger partial charge is 0.321 e. The number of aryl methyl sites for hydroxylation is 1. The normalized spacial score (nSPS) is 18.6. The number of carbonyl (C=O) groups excluding carboxylic acids is 2. The van der Waals surface area contributed by atoms with Crippen molar-refractivity contribution in [1.29, 1.82) is 0 Å². The minimum atomic E-state index is -0.190. The molecule has 2 saturated heterocycles. The zero-order valence-electron chi connectivity index (χ0n) is 24.4. The van der Waals surface area contributed by atoms with E-state index in [0.29, 0.717) is 24.5 Å². The first kappa shape index (κ1) is 29.7. The number of benzene rings is 3. The van der Waals surface area contributed by atoms with Gasteiger partial charge in [-0.05, 0) is 86.3 Å². The summed E-state index contributed by atoms with van der Waals surface area (Å²) in [5.74, 6) is 1.46. The lowest BCUT2D eigenvalue weighted by molar-refractivity contribution is 0.151. The third-order valence-corrected chi connectivity index (χ3v) is 8.59. The third kappa shape index (κ3) is 7.75. The van der Waals surface area contributed by atoms with Crippen LogP contribution in [0.15, 0.2) is 78.9 Å². The molecular weight excluding hydrogens is 550 g/mol. The van der Waals surface area contributed by atoms with Gasteiger partial charge in [-0.15, -0.1) is 0 Å². The maximum Gasteiger partial charge on any atom is 0.321 e. The van der Waals surface area contributed by atoms with Crippen LogP contribution in [0.5, 0.6) is 11.5 Å². The fraction of sp³-hybridized carbons (Fsp3) is 0.394. The van der Waals surface area contributed by atoms with E-state index in [0.717, 1.165) is 56.1 Å². The maximum atomic E-state index is 13.3. The van der Waals surface area contributed by atoms with Gasteiger partial charge in [-0.2, -0.15) is 0 Å². The standard InChI is InChI=1S/C33H40ClN5O3/c1-36(32(40)35-27-14-16-31(17-15-27)42-30-8-4-3-5-9-30)29-19-22-39(24-29)33(41)37(2)28-18-21-38(23-28)20-6-7-25-10-12-26(34)13-11-25/h3-5,8-17,28-29H,6-7,18-24H2,1-2H3,(H,35,40)/t28-,29+/m1/s1. The fourth-order valence-electron chi connectivity index (χ4n) is 5.71. The number of hydrogen-bond donors (Lipinski definition) is 1. The molecule has 0 aromatic heterocycles. The van der Waals surface area contributed by atoms with E-state index in [1.165, 1.54) is 5.56 Å². The van der Waals surface area contributed by atoms with Gasteiger partial charge in [0, 0.05) is 57.0 Å². The summed E-state index contributed by atoms with van der Waals surface area (Å²) < 4.78 is 5.83. The Hall–Kier alpha value is -3.75. The van der Waals surface area contributed by atoms with Gasteiger partial charge in [0.1, 0.15) is 11.5 Å². The van der Waals surface area contributed by atoms with Crippen molar-refractivity contribution in [2.24, 2.45) is 0 Å². The number of carbonyl (C=O) groups is 2. The Morgan fingerprint density at radius 1 is 0.857 bits per heavy atom. The third-order valence-electron chi connectivity index (χ3n) is 8.34. The molecule has 0 unspecified atom stereocenters. The molecule has 3 aromatic carbocycles. The summed E-state index contributed by atoms with van der Waals surface area (Å²) in [5, 5.41) is 3.73. The Labute approximate surface area is 253 Å². The maximum absolute atomic E-state index is 13.3. The number of amides is 4. The lowest BCUT2D eigenvalue weighted by Crippen LogP contribution is -2.48. The van der Waals surface area contributed by atoms with E-state index in [9.17, 15) is 9.59 Å². The van der Waals surface area contributed by atoms with Gasteiger partial charge >= 0.3 is 12.1 Å². The summed E-state index contributed by atoms with van der Waals surface area (Å²) in [4.78, 5) is 34.3. The lowest BCUT2D eigenvalue weighted by atomic mass is 10.1. The van der Waals surface area contributed by atoms with Crippen molar-refractivity contribution in [2.45, 2.75) is 37.8 Å². The van der Waals surface area contributed by atoms with Crippen molar-refractivity contribution in [2.75, 3.05) is 52.1 Å². The molecule has 2 fully saturated rings. The summed E-state index contributed by atoms with van der Waals surface area (Å²) in [6.07, 6.45) is 3.85. The molecule has 0 aliphatic carbocycles. The zero-order chi connectivity index (χ0) is 29.5. The number of likely N-dealkylation sites (tertiary alicyclic amines) is 2. The second-order valence-electron chi connectivity index (χ2n) is 11.2. The van der Waals surface area contributed by atoms with Gasteiger partial charge in [0.25, 0.3) is 0 Å². The molecule has 2 atom stereocenters. The van der Waals surface area contributed by atoms with Crippen LogP contribution in [0.1, 0.15) is 24.8 Å². The Morgan fingerprint density at radius 3 is 2.26 bits per heavy atom. The van der Waals surface area contributed by atoms with Crippen molar-refractivity contribution >= 4 is 29.4 Å². The van der Waals surface area contributed by atoms with Crippen LogP contribution in [0.25, 0.3) is 0 Å². The molecule has 8 nitrogen and oxygen atoms in total. The quantitative estimate of drug-likeness (QED) is 0.312. The van der Waals surface area contributed by atoms with Crippen molar-refractivity contribution in [3.63, 3.8) is 0 Å². The van der Waals surface area contributed by atoms with Crippen LogP contribution in [0, 0.1) is 0 Å². The highest BCUT2D eigenvalue weighted by atomic mass is 35.5. The number of urea groups is 2. The molecule has 0 saturated carbocycles. The topological polar surface area (TPSA) is 68.4 Å². The van der Waals surface area contributed by atoms with Crippen LogP contribution < -0.4 is 10.1 Å². The van der Waals surface area contributed by atoms with Crippen molar-refractivity contribution in [1.82, 2.24) is 19.6 Å². The molecule has 5 rings (SSSR count). The first-order chi connectivity index (χ1) is 20.4. The van der Waals surface area contributed by atoms with Crippen molar-refractivity contribution < 1.29 is 14.3 Å². The van der Waals surface area contributed by atoms with Gasteiger partial charge in [0.05, 0.1) is 6.04 Å². The fourth-order valence-corrected chi connectivity index (χ4v) is 5.83. The number of halogens is 1. The molecule has 0 bridgehead atoms. The molecule has 1 N–H and O–H groups in total. The van der Waals surface area contributed by atoms with Crippen LogP contribution in [0.2, 0.25) is 5.02 Å². The number of para-hydroxylation sites is 1. The summed E-state index contributed by atoms with van der Waals surface area (Å²) >= 11 is 5.99. The molecule has 0 radical (unpaired) electrons. The first-order valence-corrected chi connectivity index (χ1v) is 15.1. The first-order valence-electron chi connectivity index (χ1n) is 14.7. The Balaban J connectivity index is 1.04. The number of anilines is 1. The second-order valence-corrected chi connectivity index (χ2v) is 11.7. The number of rotatable bonds is 9. The van der Waals surface area contributed by atoms with Crippen molar-refractivity contribution in [3.8, 4) is 11.5 Å². The predicted molar refractivity (Wildman–Crippen MR) is 167 cm³/mol. The van der Waals surface area contributed by atoms with Crippen LogP contribution in [0.4, 0.5) is 15.3 Å². The predicted octanol–water partition coefficient (Wildman–Crippen LogP) is 6.43. The molecule has 222 valence electrons. The lowest BCUT2D eigenvalue weighted by Gasteiger charge is -2.30. The minimum absolute atomic E-state index is 0.0315. The van der Waals surface area contributed by atoms with E-state index in [1.807, 2.05) is 83.6 Å². The highest BCUT2D eigenvalue weighted by molar-refractivity contribution is 6.30. The van der Waals surface area contributed by atoms with Gasteiger partial charge < -0.3 is 29.7 Å². The highest BCUT2D eigenvalue weighted by Gasteiger charge is 2.35. The summed E-state index contributed by atoms with van der Waals surface area (Å²) in [5.41, 5.74) is 1.99. The van der Waals surface area contributed by atoms with E-state index in [4.69, 9.17) is 16.3 Å². The van der Waals surface area contributed by atoms with Crippen LogP contribution in [-0.4, -0.2) is 90.6 Å². The summed E-state index contributed by atoms with van der Waals surface area (Å²) in [6, 6.07) is 25.0. The molecule has 2 heterocycles. The molecule has 2 aliphatic heterocycles. The Kier molecular flexibility index (Phi) is 9.87. The van der Waals surface area contributed by atoms with E-state index < -0.39 is 0 Å². The Morgan fingerprint density at radius 2 is 1.52 bits per heavy atom. The average molecular weight is 590 g/mol. The highest BCUT2D eigenvalue weighted by Crippen LogP contribution is 2.24. The number of hydrogen-bond acceptors (Lipinski definition) is 4. The van der Waals surface area contributed by atoms with E-state index >= 15 is 0 Å². The van der Waals surface area contributed by atoms with Gasteiger partial charge in [0.2, 0.25) is 0 Å². The monoisotopic (exact) mass is 589 g/mol. The molecule has 0 spiro atoms. The molecule has 9 heteroatoms. The SMILES string of the molecule is CN(C(=O)Nc1ccc(Oc2ccccc2)cc1)[C@H]1CCN(C(=O)N(C)[C@@H]2CCN(CCCc3ccc(Cl)cc3)C2)C1. The van der Waals surface area contributed by atoms with Gasteiger partial charge in [-0.25, -0.2) is 9.59 Å². The molecule has 4 amide bonds. The largest absolute Gasteiger partial charge is 0.457 e. The molecular formula is C33H40ClN5O3. The second kappa shape index (κ2) is 13.9. The average Bonchev–Trinajstić information content (AvgIpc) is 3.69. The molecule has 2 aliphatic rings. The molecule has 3 aromatic rings. The van der Waals surface area contributed by atoms with Crippen LogP contribution in [0.3, 0.4) is 0 Å². The summed E-state index contributed by atoms with van der Waals surface area (Å²) in [7, 11) is 3.71. The summed E-state index contributed by atoms with van der Waals surface area (Å²) in [6.45, 7) is 4.12. The van der Waals surface area contributed by atoms with Gasteiger partial charge in [-0.1, -0.05) is 41.9 Å². The van der Waals surface area contributed by atoms with Crippen LogP contribution in [-0.2, 0) is 6.42 Å². The van der Waals surface area contributed by atoms with E-state index in [2.05, 4.69) is 22.3 Å². The van der Waals surface area contributed by atoms with Gasteiger partial charge in [-0.3, -0.25) is 0 Å². The number of nitrogens with zero attached hydrogens (tertiary/aromatic N) is 4.